The second-order valence-corrected chi connectivity index (χ2v) is 7.35. The smallest absolute Gasteiger partial charge is 0.410 e. The normalized spacial score (nSPS) is 18.2. The fraction of sp³-hybridized carbons (Fsp3) is 0.579. The van der Waals surface area contributed by atoms with Gasteiger partial charge in [-0.25, -0.2) is 9.59 Å². The van der Waals surface area contributed by atoms with Gasteiger partial charge in [-0.1, -0.05) is 18.2 Å². The summed E-state index contributed by atoms with van der Waals surface area (Å²) in [6.45, 7) is 9.05. The largest absolute Gasteiger partial charge is 0.462 e. The Hall–Kier alpha value is -2.04. The van der Waals surface area contributed by atoms with Crippen LogP contribution in [-0.4, -0.2) is 42.3 Å². The highest BCUT2D eigenvalue weighted by atomic mass is 16.6. The number of aryl methyl sites for hydroxylation is 1. The van der Waals surface area contributed by atoms with Crippen molar-refractivity contribution in [2.45, 2.75) is 46.1 Å². The topological polar surface area (TPSA) is 55.8 Å². The summed E-state index contributed by atoms with van der Waals surface area (Å²) < 4.78 is 10.9. The molecular formula is C19H27NO4. The first-order valence-corrected chi connectivity index (χ1v) is 8.47. The van der Waals surface area contributed by atoms with Crippen molar-refractivity contribution >= 4 is 12.1 Å². The van der Waals surface area contributed by atoms with Crippen LogP contribution in [0.4, 0.5) is 4.79 Å². The average molecular weight is 333 g/mol. The number of hydrogen-bond acceptors (Lipinski definition) is 4. The zero-order valence-electron chi connectivity index (χ0n) is 15.0. The van der Waals surface area contributed by atoms with Crippen LogP contribution in [0.2, 0.25) is 0 Å². The van der Waals surface area contributed by atoms with Gasteiger partial charge < -0.3 is 14.4 Å². The minimum absolute atomic E-state index is 0.152. The lowest BCUT2D eigenvalue weighted by Crippen LogP contribution is -2.44. The standard InChI is InChI=1S/C19H27NO4/c1-14-8-5-6-10-16(14)17(21)23-13-15-9-7-11-20(12-15)18(22)24-19(2,3)4/h5-6,8,10,15H,7,9,11-13H2,1-4H3/t15-/m1/s1. The summed E-state index contributed by atoms with van der Waals surface area (Å²) in [5.74, 6) is -0.151. The monoisotopic (exact) mass is 333 g/mol. The Morgan fingerprint density at radius 3 is 2.62 bits per heavy atom. The summed E-state index contributed by atoms with van der Waals surface area (Å²) in [5, 5.41) is 0. The van der Waals surface area contributed by atoms with Crippen LogP contribution in [0.25, 0.3) is 0 Å². The Kier molecular flexibility index (Phi) is 5.86. The lowest BCUT2D eigenvalue weighted by Gasteiger charge is -2.33. The predicted molar refractivity (Wildman–Crippen MR) is 92.0 cm³/mol. The summed E-state index contributed by atoms with van der Waals surface area (Å²) in [4.78, 5) is 26.1. The summed E-state index contributed by atoms with van der Waals surface area (Å²) in [6.07, 6.45) is 1.55. The van der Waals surface area contributed by atoms with Gasteiger partial charge in [0.2, 0.25) is 0 Å². The van der Waals surface area contributed by atoms with Gasteiger partial charge in [0.05, 0.1) is 12.2 Å². The van der Waals surface area contributed by atoms with Gasteiger partial charge in [-0.3, -0.25) is 0 Å². The molecule has 1 aromatic rings. The van der Waals surface area contributed by atoms with E-state index in [1.165, 1.54) is 0 Å². The van der Waals surface area contributed by atoms with Crippen molar-refractivity contribution in [3.05, 3.63) is 35.4 Å². The molecule has 0 aliphatic carbocycles. The van der Waals surface area contributed by atoms with Crippen molar-refractivity contribution in [3.8, 4) is 0 Å². The quantitative estimate of drug-likeness (QED) is 0.790. The van der Waals surface area contributed by atoms with Gasteiger partial charge in [-0.05, 0) is 52.2 Å². The summed E-state index contributed by atoms with van der Waals surface area (Å²) in [5.41, 5.74) is 1.00. The Morgan fingerprint density at radius 2 is 1.96 bits per heavy atom. The first-order chi connectivity index (χ1) is 11.3. The van der Waals surface area contributed by atoms with Crippen molar-refractivity contribution in [2.24, 2.45) is 5.92 Å². The second-order valence-electron chi connectivity index (χ2n) is 7.35. The molecule has 1 aliphatic heterocycles. The first kappa shape index (κ1) is 18.3. The highest BCUT2D eigenvalue weighted by Crippen LogP contribution is 2.20. The second kappa shape index (κ2) is 7.69. The summed E-state index contributed by atoms with van der Waals surface area (Å²) in [6, 6.07) is 7.38. The molecule has 1 amide bonds. The highest BCUT2D eigenvalue weighted by molar-refractivity contribution is 5.90. The van der Waals surface area contributed by atoms with Crippen LogP contribution < -0.4 is 0 Å². The fourth-order valence-corrected chi connectivity index (χ4v) is 2.77. The Bertz CT molecular complexity index is 591. The SMILES string of the molecule is Cc1ccccc1C(=O)OC[C@@H]1CCCN(C(=O)OC(C)(C)C)C1. The number of nitrogens with zero attached hydrogens (tertiary/aromatic N) is 1. The van der Waals surface area contributed by atoms with Crippen LogP contribution in [0, 0.1) is 12.8 Å². The molecule has 1 aliphatic rings. The van der Waals surface area contributed by atoms with Crippen molar-refractivity contribution in [2.75, 3.05) is 19.7 Å². The Morgan fingerprint density at radius 1 is 1.25 bits per heavy atom. The lowest BCUT2D eigenvalue weighted by atomic mass is 9.99. The number of benzene rings is 1. The van der Waals surface area contributed by atoms with E-state index < -0.39 is 5.60 Å². The van der Waals surface area contributed by atoms with Gasteiger partial charge in [-0.2, -0.15) is 0 Å². The van der Waals surface area contributed by atoms with Crippen molar-refractivity contribution < 1.29 is 19.1 Å². The molecule has 1 heterocycles. The molecule has 0 unspecified atom stereocenters. The number of esters is 1. The van der Waals surface area contributed by atoms with E-state index in [0.717, 1.165) is 18.4 Å². The third kappa shape index (κ3) is 5.25. The zero-order chi connectivity index (χ0) is 17.7. The number of ether oxygens (including phenoxy) is 2. The number of rotatable bonds is 3. The number of carbonyl (C=O) groups excluding carboxylic acids is 2. The Balaban J connectivity index is 1.86. The number of likely N-dealkylation sites (tertiary alicyclic amines) is 1. The maximum atomic E-state index is 12.2. The molecule has 1 atom stereocenters. The molecule has 0 saturated carbocycles. The highest BCUT2D eigenvalue weighted by Gasteiger charge is 2.28. The third-order valence-corrected chi connectivity index (χ3v) is 3.99. The molecule has 1 saturated heterocycles. The van der Waals surface area contributed by atoms with Gasteiger partial charge in [0, 0.05) is 19.0 Å². The molecule has 132 valence electrons. The van der Waals surface area contributed by atoms with Crippen LogP contribution in [0.15, 0.2) is 24.3 Å². The van der Waals surface area contributed by atoms with Gasteiger partial charge >= 0.3 is 12.1 Å². The van der Waals surface area contributed by atoms with E-state index in [4.69, 9.17) is 9.47 Å². The van der Waals surface area contributed by atoms with E-state index >= 15 is 0 Å². The van der Waals surface area contributed by atoms with Gasteiger partial charge in [0.15, 0.2) is 0 Å². The number of amides is 1. The zero-order valence-corrected chi connectivity index (χ0v) is 15.0. The maximum Gasteiger partial charge on any atom is 0.410 e. The molecule has 0 N–H and O–H groups in total. The average Bonchev–Trinajstić information content (AvgIpc) is 2.52. The molecule has 0 aromatic heterocycles. The van der Waals surface area contributed by atoms with Crippen molar-refractivity contribution in [3.63, 3.8) is 0 Å². The number of carbonyl (C=O) groups is 2. The molecule has 2 rings (SSSR count). The molecular weight excluding hydrogens is 306 g/mol. The van der Waals surface area contributed by atoms with Gasteiger partial charge in [0.25, 0.3) is 0 Å². The molecule has 0 radical (unpaired) electrons. The molecule has 1 fully saturated rings. The van der Waals surface area contributed by atoms with E-state index in [0.29, 0.717) is 25.3 Å². The van der Waals surface area contributed by atoms with E-state index in [1.54, 1.807) is 11.0 Å². The van der Waals surface area contributed by atoms with Crippen LogP contribution >= 0.6 is 0 Å². The molecule has 0 bridgehead atoms. The van der Waals surface area contributed by atoms with Crippen molar-refractivity contribution in [1.29, 1.82) is 0 Å². The Labute approximate surface area is 143 Å². The molecule has 5 nitrogen and oxygen atoms in total. The van der Waals surface area contributed by atoms with E-state index in [2.05, 4.69) is 0 Å². The molecule has 1 aromatic carbocycles. The fourth-order valence-electron chi connectivity index (χ4n) is 2.77. The molecule has 24 heavy (non-hydrogen) atoms. The molecule has 0 spiro atoms. The van der Waals surface area contributed by atoms with Gasteiger partial charge in [-0.15, -0.1) is 0 Å². The lowest BCUT2D eigenvalue weighted by molar-refractivity contribution is 0.00885. The summed E-state index contributed by atoms with van der Waals surface area (Å²) in [7, 11) is 0. The number of hydrogen-bond donors (Lipinski definition) is 0. The van der Waals surface area contributed by atoms with E-state index in [1.807, 2.05) is 45.9 Å². The minimum atomic E-state index is -0.499. The van der Waals surface area contributed by atoms with Gasteiger partial charge in [0.1, 0.15) is 5.60 Å². The van der Waals surface area contributed by atoms with Crippen molar-refractivity contribution in [1.82, 2.24) is 4.90 Å². The minimum Gasteiger partial charge on any atom is -0.462 e. The predicted octanol–water partition coefficient (Wildman–Crippen LogP) is 3.80. The van der Waals surface area contributed by atoms with E-state index in [-0.39, 0.29) is 18.0 Å². The number of piperidine rings is 1. The maximum absolute atomic E-state index is 12.2. The first-order valence-electron chi connectivity index (χ1n) is 8.47. The summed E-state index contributed by atoms with van der Waals surface area (Å²) >= 11 is 0. The third-order valence-electron chi connectivity index (χ3n) is 3.99. The van der Waals surface area contributed by atoms with Crippen LogP contribution in [-0.2, 0) is 9.47 Å². The van der Waals surface area contributed by atoms with E-state index in [9.17, 15) is 9.59 Å². The molecule has 5 heteroatoms. The van der Waals surface area contributed by atoms with Crippen LogP contribution in [0.3, 0.4) is 0 Å². The van der Waals surface area contributed by atoms with Crippen LogP contribution in [0.5, 0.6) is 0 Å². The van der Waals surface area contributed by atoms with Crippen LogP contribution in [0.1, 0.15) is 49.5 Å².